The van der Waals surface area contributed by atoms with Crippen LogP contribution in [0.3, 0.4) is 0 Å². The lowest BCUT2D eigenvalue weighted by molar-refractivity contribution is 0.187. The van der Waals surface area contributed by atoms with Crippen molar-refractivity contribution in [2.24, 2.45) is 5.73 Å². The van der Waals surface area contributed by atoms with Gasteiger partial charge in [-0.05, 0) is 37.4 Å². The number of ether oxygens (including phenoxy) is 2. The minimum atomic E-state index is 0.158. The number of nitrogens with two attached hydrogens (primary N) is 1. The Morgan fingerprint density at radius 2 is 1.76 bits per heavy atom. The Morgan fingerprint density at radius 1 is 1.19 bits per heavy atom. The number of hydrogen-bond donors (Lipinski definition) is 1. The standard InChI is InChI=1S/C16H28N2O2S/c1-6-13(11-21-5)18(2)16(10-17)12-7-14(19-3)9-15(8-12)20-4/h7-9,13,16H,6,10-11,17H2,1-5H3. The van der Waals surface area contributed by atoms with Crippen molar-refractivity contribution >= 4 is 11.8 Å². The van der Waals surface area contributed by atoms with E-state index in [0.29, 0.717) is 12.6 Å². The highest BCUT2D eigenvalue weighted by molar-refractivity contribution is 7.98. The van der Waals surface area contributed by atoms with Crippen LogP contribution in [-0.4, -0.2) is 50.8 Å². The Balaban J connectivity index is 3.07. The highest BCUT2D eigenvalue weighted by Gasteiger charge is 2.23. The van der Waals surface area contributed by atoms with Gasteiger partial charge in [0.1, 0.15) is 11.5 Å². The Morgan fingerprint density at radius 3 is 2.14 bits per heavy atom. The van der Waals surface area contributed by atoms with Crippen LogP contribution in [0.25, 0.3) is 0 Å². The number of methoxy groups -OCH3 is 2. The maximum Gasteiger partial charge on any atom is 0.122 e. The summed E-state index contributed by atoms with van der Waals surface area (Å²) in [6.07, 6.45) is 3.25. The molecule has 120 valence electrons. The van der Waals surface area contributed by atoms with Crippen LogP contribution in [0.15, 0.2) is 18.2 Å². The third-order valence-electron chi connectivity index (χ3n) is 3.88. The predicted molar refractivity (Wildman–Crippen MR) is 91.6 cm³/mol. The van der Waals surface area contributed by atoms with Crippen molar-refractivity contribution in [3.8, 4) is 11.5 Å². The fourth-order valence-corrected chi connectivity index (χ4v) is 3.39. The minimum absolute atomic E-state index is 0.158. The molecule has 0 fully saturated rings. The molecule has 1 rings (SSSR count). The van der Waals surface area contributed by atoms with E-state index in [2.05, 4.69) is 25.1 Å². The number of rotatable bonds is 9. The van der Waals surface area contributed by atoms with E-state index in [0.717, 1.165) is 29.2 Å². The summed E-state index contributed by atoms with van der Waals surface area (Å²) >= 11 is 1.87. The summed E-state index contributed by atoms with van der Waals surface area (Å²) in [6.45, 7) is 2.79. The zero-order chi connectivity index (χ0) is 15.8. The van der Waals surface area contributed by atoms with Crippen molar-refractivity contribution in [1.82, 2.24) is 4.90 Å². The minimum Gasteiger partial charge on any atom is -0.497 e. The Kier molecular flexibility index (Phi) is 7.93. The van der Waals surface area contributed by atoms with Gasteiger partial charge < -0.3 is 15.2 Å². The highest BCUT2D eigenvalue weighted by Crippen LogP contribution is 2.30. The summed E-state index contributed by atoms with van der Waals surface area (Å²) < 4.78 is 10.7. The second kappa shape index (κ2) is 9.18. The Bertz CT molecular complexity index is 406. The van der Waals surface area contributed by atoms with Crippen molar-refractivity contribution in [2.45, 2.75) is 25.4 Å². The topological polar surface area (TPSA) is 47.7 Å². The molecule has 0 aliphatic rings. The summed E-state index contributed by atoms with van der Waals surface area (Å²) in [7, 11) is 5.48. The summed E-state index contributed by atoms with van der Waals surface area (Å²) in [6, 6.07) is 6.64. The van der Waals surface area contributed by atoms with E-state index in [1.165, 1.54) is 0 Å². The molecule has 0 amide bonds. The number of nitrogens with zero attached hydrogens (tertiary/aromatic N) is 1. The second-order valence-corrected chi connectivity index (χ2v) is 5.99. The molecule has 0 aliphatic carbocycles. The average Bonchev–Trinajstić information content (AvgIpc) is 2.52. The van der Waals surface area contributed by atoms with Crippen molar-refractivity contribution in [2.75, 3.05) is 39.8 Å². The molecule has 2 atom stereocenters. The van der Waals surface area contributed by atoms with Crippen LogP contribution in [0, 0.1) is 0 Å². The second-order valence-electron chi connectivity index (χ2n) is 5.08. The zero-order valence-corrected chi connectivity index (χ0v) is 14.6. The van der Waals surface area contributed by atoms with Crippen LogP contribution < -0.4 is 15.2 Å². The van der Waals surface area contributed by atoms with Gasteiger partial charge in [-0.2, -0.15) is 11.8 Å². The van der Waals surface area contributed by atoms with Crippen molar-refractivity contribution in [3.05, 3.63) is 23.8 Å². The molecule has 1 aromatic rings. The van der Waals surface area contributed by atoms with Gasteiger partial charge in [-0.1, -0.05) is 6.92 Å². The van der Waals surface area contributed by atoms with E-state index in [1.807, 2.05) is 30.0 Å². The van der Waals surface area contributed by atoms with Gasteiger partial charge in [0.25, 0.3) is 0 Å². The molecule has 0 radical (unpaired) electrons. The molecule has 0 heterocycles. The van der Waals surface area contributed by atoms with Crippen molar-refractivity contribution in [3.63, 3.8) is 0 Å². The van der Waals surface area contributed by atoms with E-state index >= 15 is 0 Å². The SMILES string of the molecule is CCC(CSC)N(C)C(CN)c1cc(OC)cc(OC)c1. The van der Waals surface area contributed by atoms with Gasteiger partial charge in [-0.3, -0.25) is 4.90 Å². The smallest absolute Gasteiger partial charge is 0.122 e. The largest absolute Gasteiger partial charge is 0.497 e. The van der Waals surface area contributed by atoms with Crippen LogP contribution in [-0.2, 0) is 0 Å². The first-order chi connectivity index (χ1) is 10.1. The zero-order valence-electron chi connectivity index (χ0n) is 13.8. The fourth-order valence-electron chi connectivity index (χ4n) is 2.53. The first-order valence-corrected chi connectivity index (χ1v) is 8.64. The fraction of sp³-hybridized carbons (Fsp3) is 0.625. The van der Waals surface area contributed by atoms with E-state index in [9.17, 15) is 0 Å². The average molecular weight is 312 g/mol. The molecular weight excluding hydrogens is 284 g/mol. The molecule has 0 saturated heterocycles. The lowest BCUT2D eigenvalue weighted by Gasteiger charge is -2.34. The van der Waals surface area contributed by atoms with Gasteiger partial charge in [0, 0.05) is 30.4 Å². The van der Waals surface area contributed by atoms with Crippen LogP contribution in [0.2, 0.25) is 0 Å². The predicted octanol–water partition coefficient (Wildman–Crippen LogP) is 2.78. The third kappa shape index (κ3) is 4.80. The van der Waals surface area contributed by atoms with Crippen LogP contribution in [0.4, 0.5) is 0 Å². The van der Waals surface area contributed by atoms with Crippen LogP contribution in [0.1, 0.15) is 24.9 Å². The van der Waals surface area contributed by atoms with Crippen LogP contribution >= 0.6 is 11.8 Å². The molecule has 0 spiro atoms. The van der Waals surface area contributed by atoms with Crippen molar-refractivity contribution in [1.29, 1.82) is 0 Å². The summed E-state index contributed by atoms with van der Waals surface area (Å²) in [5, 5.41) is 0. The monoisotopic (exact) mass is 312 g/mol. The van der Waals surface area contributed by atoms with Gasteiger partial charge >= 0.3 is 0 Å². The number of benzene rings is 1. The van der Waals surface area contributed by atoms with E-state index in [4.69, 9.17) is 15.2 Å². The summed E-state index contributed by atoms with van der Waals surface area (Å²) in [5.41, 5.74) is 7.18. The van der Waals surface area contributed by atoms with E-state index in [-0.39, 0.29) is 6.04 Å². The molecule has 0 aromatic heterocycles. The lowest BCUT2D eigenvalue weighted by atomic mass is 10.0. The molecule has 5 heteroatoms. The maximum atomic E-state index is 6.05. The first-order valence-electron chi connectivity index (χ1n) is 7.25. The van der Waals surface area contributed by atoms with E-state index in [1.54, 1.807) is 14.2 Å². The van der Waals surface area contributed by atoms with Gasteiger partial charge in [-0.25, -0.2) is 0 Å². The quantitative estimate of drug-likeness (QED) is 0.760. The molecule has 0 saturated carbocycles. The van der Waals surface area contributed by atoms with Crippen LogP contribution in [0.5, 0.6) is 11.5 Å². The lowest BCUT2D eigenvalue weighted by Crippen LogP contribution is -2.39. The summed E-state index contributed by atoms with van der Waals surface area (Å²) in [5.74, 6) is 2.70. The number of likely N-dealkylation sites (N-methyl/N-ethyl adjacent to an activating group) is 1. The van der Waals surface area contributed by atoms with Gasteiger partial charge in [0.05, 0.1) is 14.2 Å². The molecule has 21 heavy (non-hydrogen) atoms. The highest BCUT2D eigenvalue weighted by atomic mass is 32.2. The molecule has 2 N–H and O–H groups in total. The normalized spacial score (nSPS) is 14.0. The van der Waals surface area contributed by atoms with Gasteiger partial charge in [-0.15, -0.1) is 0 Å². The maximum absolute atomic E-state index is 6.05. The molecule has 0 bridgehead atoms. The molecule has 0 aliphatic heterocycles. The first kappa shape index (κ1) is 18.1. The molecular formula is C16H28N2O2S. The Labute approximate surface area is 133 Å². The molecule has 1 aromatic carbocycles. The number of hydrogen-bond acceptors (Lipinski definition) is 5. The third-order valence-corrected chi connectivity index (χ3v) is 4.60. The van der Waals surface area contributed by atoms with Gasteiger partial charge in [0.15, 0.2) is 0 Å². The summed E-state index contributed by atoms with van der Waals surface area (Å²) in [4.78, 5) is 2.37. The van der Waals surface area contributed by atoms with Crippen molar-refractivity contribution < 1.29 is 9.47 Å². The Hall–Kier alpha value is -0.910. The van der Waals surface area contributed by atoms with E-state index < -0.39 is 0 Å². The molecule has 2 unspecified atom stereocenters. The number of thioether (sulfide) groups is 1. The molecule has 4 nitrogen and oxygen atoms in total. The van der Waals surface area contributed by atoms with Gasteiger partial charge in [0.2, 0.25) is 0 Å².